The van der Waals surface area contributed by atoms with Crippen molar-refractivity contribution in [1.82, 2.24) is 0 Å². The molecule has 0 spiro atoms. The Labute approximate surface area is 104 Å². The molecule has 0 atom stereocenters. The Kier molecular flexibility index (Phi) is 2.56. The minimum absolute atomic E-state index is 0.249. The molecule has 0 unspecified atom stereocenters. The van der Waals surface area contributed by atoms with E-state index in [1.54, 1.807) is 12.1 Å². The first-order valence-corrected chi connectivity index (χ1v) is 5.68. The summed E-state index contributed by atoms with van der Waals surface area (Å²) in [7, 11) is 0. The number of hydrogen-bond donors (Lipinski definition) is 0. The predicted octanol–water partition coefficient (Wildman–Crippen LogP) is 4.79. The zero-order chi connectivity index (χ0) is 12.5. The number of fused-ring (bicyclic) bond motifs is 1. The monoisotopic (exact) mass is 240 g/mol. The lowest BCUT2D eigenvalue weighted by Gasteiger charge is -2.04. The molecule has 0 aromatic heterocycles. The Morgan fingerprint density at radius 3 is 2.06 bits per heavy atom. The van der Waals surface area contributed by atoms with Crippen molar-refractivity contribution in [3.63, 3.8) is 0 Å². The maximum Gasteiger partial charge on any atom is 0.123 e. The minimum atomic E-state index is -0.258. The highest BCUT2D eigenvalue weighted by Crippen LogP contribution is 2.25. The first-order valence-electron chi connectivity index (χ1n) is 5.68. The number of hydrogen-bond acceptors (Lipinski definition) is 0. The molecule has 0 aliphatic rings. The third-order valence-electron chi connectivity index (χ3n) is 2.96. The van der Waals surface area contributed by atoms with Crippen molar-refractivity contribution in [2.45, 2.75) is 0 Å². The predicted molar refractivity (Wildman–Crippen MR) is 69.3 cm³/mol. The van der Waals surface area contributed by atoms with Crippen molar-refractivity contribution >= 4 is 10.8 Å². The molecule has 0 heterocycles. The first-order chi connectivity index (χ1) is 8.72. The molecule has 0 fully saturated rings. The van der Waals surface area contributed by atoms with Crippen LogP contribution in [-0.2, 0) is 0 Å². The summed E-state index contributed by atoms with van der Waals surface area (Å²) in [5.41, 5.74) is 1.75. The standard InChI is InChI=1S/C16H10F2/c17-15-3-1-2-11(9-15)12-4-5-14-10-16(18)7-6-13(14)8-12/h1-10H. The van der Waals surface area contributed by atoms with Gasteiger partial charge in [0.25, 0.3) is 0 Å². The van der Waals surface area contributed by atoms with E-state index in [9.17, 15) is 8.78 Å². The molecule has 3 rings (SSSR count). The lowest BCUT2D eigenvalue weighted by atomic mass is 10.0. The van der Waals surface area contributed by atoms with Crippen molar-refractivity contribution in [1.29, 1.82) is 0 Å². The van der Waals surface area contributed by atoms with E-state index in [-0.39, 0.29) is 11.6 Å². The number of halogens is 2. The highest BCUT2D eigenvalue weighted by molar-refractivity contribution is 5.87. The molecule has 0 nitrogen and oxygen atoms in total. The largest absolute Gasteiger partial charge is 0.207 e. The van der Waals surface area contributed by atoms with Crippen LogP contribution in [0.5, 0.6) is 0 Å². The summed E-state index contributed by atoms with van der Waals surface area (Å²) < 4.78 is 26.2. The van der Waals surface area contributed by atoms with Gasteiger partial charge in [-0.2, -0.15) is 0 Å². The van der Waals surface area contributed by atoms with E-state index < -0.39 is 0 Å². The van der Waals surface area contributed by atoms with Crippen LogP contribution in [0.3, 0.4) is 0 Å². The fraction of sp³-hybridized carbons (Fsp3) is 0. The quantitative estimate of drug-likeness (QED) is 0.574. The van der Waals surface area contributed by atoms with Gasteiger partial charge in [0.15, 0.2) is 0 Å². The van der Waals surface area contributed by atoms with Gasteiger partial charge in [-0.1, -0.05) is 30.3 Å². The Bertz CT molecular complexity index is 717. The molecule has 88 valence electrons. The van der Waals surface area contributed by atoms with Crippen LogP contribution in [0.4, 0.5) is 8.78 Å². The summed E-state index contributed by atoms with van der Waals surface area (Å²) >= 11 is 0. The Morgan fingerprint density at radius 1 is 0.556 bits per heavy atom. The van der Waals surface area contributed by atoms with Gasteiger partial charge in [0, 0.05) is 0 Å². The van der Waals surface area contributed by atoms with Crippen LogP contribution in [0, 0.1) is 11.6 Å². The van der Waals surface area contributed by atoms with Gasteiger partial charge in [-0.15, -0.1) is 0 Å². The van der Waals surface area contributed by atoms with Crippen molar-refractivity contribution < 1.29 is 8.78 Å². The van der Waals surface area contributed by atoms with Crippen molar-refractivity contribution in [2.75, 3.05) is 0 Å². The lowest BCUT2D eigenvalue weighted by Crippen LogP contribution is -1.82. The molecular formula is C16H10F2. The summed E-state index contributed by atoms with van der Waals surface area (Å²) in [5, 5.41) is 1.79. The van der Waals surface area contributed by atoms with Crippen molar-refractivity contribution in [3.8, 4) is 11.1 Å². The van der Waals surface area contributed by atoms with Gasteiger partial charge in [-0.25, -0.2) is 8.78 Å². The summed E-state index contributed by atoms with van der Waals surface area (Å²) in [6, 6.07) is 16.7. The summed E-state index contributed by atoms with van der Waals surface area (Å²) in [6.07, 6.45) is 0. The normalized spacial score (nSPS) is 10.8. The van der Waals surface area contributed by atoms with Crippen LogP contribution >= 0.6 is 0 Å². The van der Waals surface area contributed by atoms with Crippen LogP contribution in [0.25, 0.3) is 21.9 Å². The van der Waals surface area contributed by atoms with Crippen molar-refractivity contribution in [3.05, 3.63) is 72.3 Å². The van der Waals surface area contributed by atoms with Crippen LogP contribution in [0.1, 0.15) is 0 Å². The van der Waals surface area contributed by atoms with Gasteiger partial charge >= 0.3 is 0 Å². The minimum Gasteiger partial charge on any atom is -0.207 e. The average molecular weight is 240 g/mol. The molecule has 3 aromatic carbocycles. The molecule has 0 saturated carbocycles. The van der Waals surface area contributed by atoms with Crippen LogP contribution in [-0.4, -0.2) is 0 Å². The van der Waals surface area contributed by atoms with Crippen LogP contribution in [0.15, 0.2) is 60.7 Å². The van der Waals surface area contributed by atoms with E-state index in [0.717, 1.165) is 21.9 Å². The Balaban J connectivity index is 2.16. The molecule has 2 heteroatoms. The topological polar surface area (TPSA) is 0 Å². The first kappa shape index (κ1) is 10.9. The molecule has 0 aliphatic carbocycles. The highest BCUT2D eigenvalue weighted by Gasteiger charge is 2.01. The van der Waals surface area contributed by atoms with E-state index in [2.05, 4.69) is 0 Å². The number of rotatable bonds is 1. The third kappa shape index (κ3) is 1.97. The Morgan fingerprint density at radius 2 is 1.22 bits per heavy atom. The zero-order valence-corrected chi connectivity index (χ0v) is 9.53. The van der Waals surface area contributed by atoms with Gasteiger partial charge in [-0.05, 0) is 52.2 Å². The fourth-order valence-electron chi connectivity index (χ4n) is 2.06. The Hall–Kier alpha value is -2.22. The lowest BCUT2D eigenvalue weighted by molar-refractivity contribution is 0.628. The van der Waals surface area contributed by atoms with E-state index in [1.165, 1.54) is 24.3 Å². The molecule has 0 N–H and O–H groups in total. The molecule has 0 bridgehead atoms. The highest BCUT2D eigenvalue weighted by atomic mass is 19.1. The smallest absolute Gasteiger partial charge is 0.123 e. The molecule has 0 aliphatic heterocycles. The van der Waals surface area contributed by atoms with Crippen LogP contribution in [0.2, 0.25) is 0 Å². The van der Waals surface area contributed by atoms with Gasteiger partial charge in [-0.3, -0.25) is 0 Å². The maximum absolute atomic E-state index is 13.2. The molecular weight excluding hydrogens is 230 g/mol. The van der Waals surface area contributed by atoms with E-state index in [4.69, 9.17) is 0 Å². The second-order valence-corrected chi connectivity index (χ2v) is 4.22. The van der Waals surface area contributed by atoms with Gasteiger partial charge in [0.2, 0.25) is 0 Å². The van der Waals surface area contributed by atoms with Gasteiger partial charge < -0.3 is 0 Å². The summed E-state index contributed by atoms with van der Waals surface area (Å²) in [4.78, 5) is 0. The van der Waals surface area contributed by atoms with Crippen LogP contribution < -0.4 is 0 Å². The van der Waals surface area contributed by atoms with E-state index >= 15 is 0 Å². The molecule has 0 saturated heterocycles. The van der Waals surface area contributed by atoms with E-state index in [1.807, 2.05) is 24.3 Å². The SMILES string of the molecule is Fc1cccc(-c2ccc3cc(F)ccc3c2)c1. The second kappa shape index (κ2) is 4.22. The average Bonchev–Trinajstić information content (AvgIpc) is 2.38. The third-order valence-corrected chi connectivity index (χ3v) is 2.96. The van der Waals surface area contributed by atoms with Gasteiger partial charge in [0.1, 0.15) is 11.6 Å². The molecule has 0 amide bonds. The number of benzene rings is 3. The van der Waals surface area contributed by atoms with Gasteiger partial charge in [0.05, 0.1) is 0 Å². The maximum atomic E-state index is 13.2. The molecule has 18 heavy (non-hydrogen) atoms. The summed E-state index contributed by atoms with van der Waals surface area (Å²) in [5.74, 6) is -0.507. The molecule has 3 aromatic rings. The van der Waals surface area contributed by atoms with Crippen molar-refractivity contribution in [2.24, 2.45) is 0 Å². The molecule has 0 radical (unpaired) electrons. The second-order valence-electron chi connectivity index (χ2n) is 4.22. The summed E-state index contributed by atoms with van der Waals surface area (Å²) in [6.45, 7) is 0. The fourth-order valence-corrected chi connectivity index (χ4v) is 2.06. The van der Waals surface area contributed by atoms with E-state index in [0.29, 0.717) is 0 Å². The zero-order valence-electron chi connectivity index (χ0n) is 9.53.